The molecule has 2 atom stereocenters. The number of aromatic nitrogens is 5. The van der Waals surface area contributed by atoms with Crippen LogP contribution in [0.2, 0.25) is 10.2 Å². The Kier molecular flexibility index (Phi) is 6.34. The maximum Gasteiger partial charge on any atom is 0.292 e. The number of pyridine rings is 1. The number of piperidine rings is 1. The lowest BCUT2D eigenvalue weighted by molar-refractivity contribution is -0.0722. The molecule has 0 bridgehead atoms. The zero-order valence-corrected chi connectivity index (χ0v) is 23.0. The summed E-state index contributed by atoms with van der Waals surface area (Å²) in [6, 6.07) is 11.6. The van der Waals surface area contributed by atoms with Gasteiger partial charge in [0.25, 0.3) is 5.79 Å². The molecule has 0 saturated carbocycles. The van der Waals surface area contributed by atoms with Gasteiger partial charge in [-0.25, -0.2) is 4.98 Å². The number of hydrogen-bond acceptors (Lipinski definition) is 8. The molecular weight excluding hydrogens is 539 g/mol. The van der Waals surface area contributed by atoms with Gasteiger partial charge in [0.1, 0.15) is 17.0 Å². The van der Waals surface area contributed by atoms with Gasteiger partial charge in [0.15, 0.2) is 22.3 Å². The molecule has 2 saturated heterocycles. The minimum absolute atomic E-state index is 0.195. The molecule has 2 unspecified atom stereocenters. The van der Waals surface area contributed by atoms with Crippen molar-refractivity contribution in [3.63, 3.8) is 0 Å². The van der Waals surface area contributed by atoms with Crippen LogP contribution in [-0.2, 0) is 23.6 Å². The van der Waals surface area contributed by atoms with Gasteiger partial charge in [-0.1, -0.05) is 35.3 Å². The summed E-state index contributed by atoms with van der Waals surface area (Å²) in [5, 5.41) is 9.32. The van der Waals surface area contributed by atoms with Crippen molar-refractivity contribution in [3.05, 3.63) is 69.9 Å². The van der Waals surface area contributed by atoms with E-state index < -0.39 is 5.79 Å². The first-order valence-electron chi connectivity index (χ1n) is 13.3. The summed E-state index contributed by atoms with van der Waals surface area (Å²) in [6.45, 7) is 6.06. The standard InChI is InChI=1S/C28H28Cl2N6O3/c1-28(23-6-5-18(29)14-31-23)38-22-4-2-3-20(26(22)39-28)17-7-10-35(11-8-17)16-25-32-21-13-24(30)33-34-27(21)36(25)15-19-9-12-37-19/h2-6,13-14,17,19H,7-12,15-16H2,1H3. The second-order valence-electron chi connectivity index (χ2n) is 10.5. The highest BCUT2D eigenvalue weighted by atomic mass is 35.5. The largest absolute Gasteiger partial charge is 0.443 e. The molecule has 1 aromatic carbocycles. The number of hydrogen-bond donors (Lipinski definition) is 0. The Morgan fingerprint density at radius 1 is 1.05 bits per heavy atom. The number of halogens is 2. The lowest BCUT2D eigenvalue weighted by Crippen LogP contribution is -2.35. The molecule has 3 aliphatic rings. The van der Waals surface area contributed by atoms with Crippen LogP contribution in [-0.4, -0.2) is 55.4 Å². The molecule has 11 heteroatoms. The highest BCUT2D eigenvalue weighted by Gasteiger charge is 2.42. The number of likely N-dealkylation sites (tertiary alicyclic amines) is 1. The Morgan fingerprint density at radius 3 is 2.64 bits per heavy atom. The van der Waals surface area contributed by atoms with Crippen LogP contribution in [0.1, 0.15) is 49.2 Å². The van der Waals surface area contributed by atoms with Crippen LogP contribution in [0.3, 0.4) is 0 Å². The molecule has 0 spiro atoms. The molecule has 9 nitrogen and oxygen atoms in total. The zero-order chi connectivity index (χ0) is 26.6. The summed E-state index contributed by atoms with van der Waals surface area (Å²) in [7, 11) is 0. The van der Waals surface area contributed by atoms with E-state index in [1.54, 1.807) is 18.3 Å². The summed E-state index contributed by atoms with van der Waals surface area (Å²) < 4.78 is 20.6. The quantitative estimate of drug-likeness (QED) is 0.309. The van der Waals surface area contributed by atoms with Crippen molar-refractivity contribution in [3.8, 4) is 11.5 Å². The predicted octanol–water partition coefficient (Wildman–Crippen LogP) is 5.34. The number of ether oxygens (including phenoxy) is 3. The fourth-order valence-corrected chi connectivity index (χ4v) is 5.97. The van der Waals surface area contributed by atoms with Gasteiger partial charge in [-0.05, 0) is 56.5 Å². The molecule has 0 radical (unpaired) electrons. The molecule has 2 fully saturated rings. The van der Waals surface area contributed by atoms with Crippen LogP contribution in [0.25, 0.3) is 11.2 Å². The Bertz CT molecular complexity index is 1520. The van der Waals surface area contributed by atoms with Gasteiger partial charge >= 0.3 is 0 Å². The van der Waals surface area contributed by atoms with Crippen LogP contribution in [0.15, 0.2) is 42.6 Å². The fourth-order valence-electron chi connectivity index (χ4n) is 5.71. The van der Waals surface area contributed by atoms with Crippen molar-refractivity contribution in [2.24, 2.45) is 0 Å². The van der Waals surface area contributed by atoms with E-state index in [0.717, 1.165) is 80.5 Å². The van der Waals surface area contributed by atoms with Crippen molar-refractivity contribution >= 4 is 34.4 Å². The van der Waals surface area contributed by atoms with Crippen molar-refractivity contribution in [1.82, 2.24) is 29.6 Å². The molecule has 39 heavy (non-hydrogen) atoms. The topological polar surface area (TPSA) is 87.4 Å². The molecule has 202 valence electrons. The van der Waals surface area contributed by atoms with Gasteiger partial charge in [0.05, 0.1) is 24.2 Å². The highest BCUT2D eigenvalue weighted by molar-refractivity contribution is 6.30. The van der Waals surface area contributed by atoms with Crippen LogP contribution in [0, 0.1) is 0 Å². The third kappa shape index (κ3) is 4.71. The van der Waals surface area contributed by atoms with Gasteiger partial charge in [-0.15, -0.1) is 10.2 Å². The van der Waals surface area contributed by atoms with Gasteiger partial charge < -0.3 is 18.8 Å². The van der Waals surface area contributed by atoms with E-state index >= 15 is 0 Å². The van der Waals surface area contributed by atoms with Crippen molar-refractivity contribution < 1.29 is 14.2 Å². The van der Waals surface area contributed by atoms with Crippen LogP contribution >= 0.6 is 23.2 Å². The third-order valence-corrected chi connectivity index (χ3v) is 8.33. The Labute approximate surface area is 236 Å². The summed E-state index contributed by atoms with van der Waals surface area (Å²) in [6.07, 6.45) is 4.87. The third-order valence-electron chi connectivity index (χ3n) is 7.92. The summed E-state index contributed by atoms with van der Waals surface area (Å²) >= 11 is 12.1. The zero-order valence-electron chi connectivity index (χ0n) is 21.5. The average Bonchev–Trinajstić information content (AvgIpc) is 3.43. The first-order chi connectivity index (χ1) is 18.9. The van der Waals surface area contributed by atoms with E-state index in [4.69, 9.17) is 42.4 Å². The molecule has 3 aliphatic heterocycles. The Hall–Kier alpha value is -2.98. The molecule has 0 N–H and O–H groups in total. The van der Waals surface area contributed by atoms with Gasteiger partial charge in [-0.2, -0.15) is 0 Å². The Balaban J connectivity index is 1.06. The van der Waals surface area contributed by atoms with E-state index in [1.165, 1.54) is 5.56 Å². The average molecular weight is 567 g/mol. The predicted molar refractivity (Wildman–Crippen MR) is 146 cm³/mol. The lowest BCUT2D eigenvalue weighted by atomic mass is 9.88. The van der Waals surface area contributed by atoms with E-state index in [1.807, 2.05) is 25.1 Å². The lowest BCUT2D eigenvalue weighted by Gasteiger charge is -2.33. The highest BCUT2D eigenvalue weighted by Crippen LogP contribution is 2.49. The molecule has 0 aliphatic carbocycles. The number of imidazole rings is 1. The van der Waals surface area contributed by atoms with E-state index in [2.05, 4.69) is 30.7 Å². The van der Waals surface area contributed by atoms with Crippen molar-refractivity contribution in [2.75, 3.05) is 19.7 Å². The van der Waals surface area contributed by atoms with Crippen LogP contribution in [0.4, 0.5) is 0 Å². The van der Waals surface area contributed by atoms with Crippen LogP contribution < -0.4 is 9.47 Å². The number of rotatable bonds is 6. The fraction of sp³-hybridized carbons (Fsp3) is 0.429. The molecule has 4 aromatic rings. The minimum Gasteiger partial charge on any atom is -0.443 e. The number of benzene rings is 1. The Morgan fingerprint density at radius 2 is 1.90 bits per heavy atom. The maximum atomic E-state index is 6.45. The molecule has 7 rings (SSSR count). The number of para-hydroxylation sites is 1. The van der Waals surface area contributed by atoms with Crippen molar-refractivity contribution in [1.29, 1.82) is 0 Å². The molecule has 3 aromatic heterocycles. The molecular formula is C28H28Cl2N6O3. The minimum atomic E-state index is -0.987. The SMILES string of the molecule is CC1(c2ccc(Cl)cn2)Oc2cccc(C3CCN(Cc4nc5cc(Cl)nnc5n4CC4CCO4)CC3)c2O1. The monoisotopic (exact) mass is 566 g/mol. The number of nitrogens with zero attached hydrogens (tertiary/aromatic N) is 6. The number of fused-ring (bicyclic) bond motifs is 2. The molecule has 6 heterocycles. The first-order valence-corrected chi connectivity index (χ1v) is 14.1. The first kappa shape index (κ1) is 25.0. The van der Waals surface area contributed by atoms with E-state index in [9.17, 15) is 0 Å². The smallest absolute Gasteiger partial charge is 0.292 e. The maximum absolute atomic E-state index is 6.45. The van der Waals surface area contributed by atoms with Gasteiger partial charge in [0, 0.05) is 31.4 Å². The van der Waals surface area contributed by atoms with Crippen LogP contribution in [0.5, 0.6) is 11.5 Å². The molecule has 0 amide bonds. The second-order valence-corrected chi connectivity index (χ2v) is 11.4. The summed E-state index contributed by atoms with van der Waals surface area (Å²) in [5.41, 5.74) is 3.40. The van der Waals surface area contributed by atoms with Gasteiger partial charge in [0.2, 0.25) is 0 Å². The normalized spacial score (nSPS) is 23.3. The summed E-state index contributed by atoms with van der Waals surface area (Å²) in [4.78, 5) is 11.8. The second kappa shape index (κ2) is 9.89. The van der Waals surface area contributed by atoms with E-state index in [-0.39, 0.29) is 6.10 Å². The summed E-state index contributed by atoms with van der Waals surface area (Å²) in [5.74, 6) is 1.92. The van der Waals surface area contributed by atoms with Gasteiger partial charge in [-0.3, -0.25) is 9.88 Å². The van der Waals surface area contributed by atoms with Crippen molar-refractivity contribution in [2.45, 2.75) is 57.1 Å². The van der Waals surface area contributed by atoms with E-state index in [0.29, 0.717) is 21.8 Å².